The maximum absolute atomic E-state index is 12.9. The Balaban J connectivity index is 1.48. The monoisotopic (exact) mass is 343 g/mol. The summed E-state index contributed by atoms with van der Waals surface area (Å²) >= 11 is 1.47. The number of tetrazole rings is 1. The number of hydrogen-bond donors (Lipinski definition) is 0. The number of thioether (sulfide) groups is 1. The molecule has 2 heterocycles. The smallest absolute Gasteiger partial charge is 0.240 e. The van der Waals surface area contributed by atoms with Crippen molar-refractivity contribution in [3.8, 4) is 0 Å². The normalized spacial score (nSPS) is 18.8. The fraction of sp³-hybridized carbons (Fsp3) is 0.529. The molecule has 2 aliphatic rings. The number of carbonyl (C=O) groups is 1. The van der Waals surface area contributed by atoms with Crippen molar-refractivity contribution in [3.63, 3.8) is 0 Å². The molecule has 0 bridgehead atoms. The third-order valence-electron chi connectivity index (χ3n) is 4.92. The summed E-state index contributed by atoms with van der Waals surface area (Å²) in [5.74, 6) is 0.130. The molecule has 1 atom stereocenters. The maximum Gasteiger partial charge on any atom is 0.240 e. The Bertz CT molecular complexity index is 740. The van der Waals surface area contributed by atoms with Crippen LogP contribution in [-0.4, -0.2) is 37.9 Å². The van der Waals surface area contributed by atoms with Gasteiger partial charge in [0.2, 0.25) is 11.1 Å². The molecule has 0 radical (unpaired) electrons. The van der Waals surface area contributed by atoms with Crippen LogP contribution in [0.5, 0.6) is 0 Å². The first-order chi connectivity index (χ1) is 11.7. The van der Waals surface area contributed by atoms with E-state index in [1.807, 2.05) is 34.7 Å². The molecular weight excluding hydrogens is 322 g/mol. The van der Waals surface area contributed by atoms with Gasteiger partial charge in [0.15, 0.2) is 0 Å². The van der Waals surface area contributed by atoms with Crippen LogP contribution in [0.3, 0.4) is 0 Å². The van der Waals surface area contributed by atoms with Crippen molar-refractivity contribution in [3.05, 3.63) is 29.8 Å². The molecule has 1 aliphatic heterocycles. The molecule has 2 aromatic rings. The zero-order valence-electron chi connectivity index (χ0n) is 13.8. The van der Waals surface area contributed by atoms with E-state index < -0.39 is 0 Å². The second-order valence-electron chi connectivity index (χ2n) is 6.47. The molecule has 1 saturated carbocycles. The summed E-state index contributed by atoms with van der Waals surface area (Å²) in [4.78, 5) is 14.8. The SMILES string of the molecule is CC(Sc1nnnn1C1CCCC1)C(=O)N1CCc2ccccc21. The first-order valence-corrected chi connectivity index (χ1v) is 9.46. The summed E-state index contributed by atoms with van der Waals surface area (Å²) in [6.45, 7) is 2.71. The molecule has 1 unspecified atom stereocenters. The number of para-hydroxylation sites is 1. The Morgan fingerprint density at radius 3 is 2.92 bits per heavy atom. The standard InChI is InChI=1S/C17H21N5OS/c1-12(16(23)21-11-10-13-6-2-5-9-15(13)21)24-17-18-19-20-22(17)14-7-3-4-8-14/h2,5-6,9,12,14H,3-4,7-8,10-11H2,1H3. The molecular formula is C17H21N5OS. The van der Waals surface area contributed by atoms with E-state index in [1.165, 1.54) is 30.2 Å². The van der Waals surface area contributed by atoms with Crippen LogP contribution in [0.15, 0.2) is 29.4 Å². The number of aromatic nitrogens is 4. The highest BCUT2D eigenvalue weighted by atomic mass is 32.2. The van der Waals surface area contributed by atoms with E-state index in [4.69, 9.17) is 0 Å². The number of hydrogen-bond acceptors (Lipinski definition) is 5. The zero-order valence-corrected chi connectivity index (χ0v) is 14.6. The first kappa shape index (κ1) is 15.6. The fourth-order valence-corrected chi connectivity index (χ4v) is 4.56. The van der Waals surface area contributed by atoms with E-state index in [0.717, 1.165) is 36.7 Å². The average molecular weight is 343 g/mol. The second-order valence-corrected chi connectivity index (χ2v) is 7.78. The number of anilines is 1. The van der Waals surface area contributed by atoms with E-state index in [0.29, 0.717) is 6.04 Å². The molecule has 0 spiro atoms. The fourth-order valence-electron chi connectivity index (χ4n) is 3.64. The number of fused-ring (bicyclic) bond motifs is 1. The highest BCUT2D eigenvalue weighted by Crippen LogP contribution is 2.34. The predicted octanol–water partition coefficient (Wildman–Crippen LogP) is 2.86. The molecule has 6 nitrogen and oxygen atoms in total. The van der Waals surface area contributed by atoms with Gasteiger partial charge in [-0.25, -0.2) is 4.68 Å². The quantitative estimate of drug-likeness (QED) is 0.799. The van der Waals surface area contributed by atoms with Gasteiger partial charge >= 0.3 is 0 Å². The molecule has 0 N–H and O–H groups in total. The van der Waals surface area contributed by atoms with Gasteiger partial charge < -0.3 is 4.90 Å². The topological polar surface area (TPSA) is 63.9 Å². The van der Waals surface area contributed by atoms with Gasteiger partial charge in [0.1, 0.15) is 0 Å². The number of benzene rings is 1. The highest BCUT2D eigenvalue weighted by Gasteiger charge is 2.30. The van der Waals surface area contributed by atoms with Crippen LogP contribution in [0.2, 0.25) is 0 Å². The second kappa shape index (κ2) is 6.55. The third kappa shape index (κ3) is 2.81. The van der Waals surface area contributed by atoms with Crippen LogP contribution in [0.1, 0.15) is 44.2 Å². The maximum atomic E-state index is 12.9. The molecule has 24 heavy (non-hydrogen) atoms. The Labute approximate surface area is 145 Å². The molecule has 1 aromatic heterocycles. The van der Waals surface area contributed by atoms with Crippen molar-refractivity contribution >= 4 is 23.4 Å². The Hall–Kier alpha value is -1.89. The van der Waals surface area contributed by atoms with Gasteiger partial charge in [-0.15, -0.1) is 5.10 Å². The highest BCUT2D eigenvalue weighted by molar-refractivity contribution is 8.00. The predicted molar refractivity (Wildman–Crippen MR) is 93.1 cm³/mol. The number of amides is 1. The van der Waals surface area contributed by atoms with Crippen LogP contribution >= 0.6 is 11.8 Å². The molecule has 1 fully saturated rings. The van der Waals surface area contributed by atoms with Crippen LogP contribution < -0.4 is 4.90 Å². The molecule has 7 heteroatoms. The van der Waals surface area contributed by atoms with Gasteiger partial charge in [-0.1, -0.05) is 42.8 Å². The minimum absolute atomic E-state index is 0.130. The summed E-state index contributed by atoms with van der Waals surface area (Å²) in [6, 6.07) is 8.53. The molecule has 4 rings (SSSR count). The zero-order chi connectivity index (χ0) is 16.5. The van der Waals surface area contributed by atoms with Crippen LogP contribution in [-0.2, 0) is 11.2 Å². The van der Waals surface area contributed by atoms with E-state index in [2.05, 4.69) is 21.6 Å². The molecule has 0 saturated heterocycles. The van der Waals surface area contributed by atoms with Crippen molar-refractivity contribution in [1.82, 2.24) is 20.2 Å². The lowest BCUT2D eigenvalue weighted by molar-refractivity contribution is -0.117. The van der Waals surface area contributed by atoms with E-state index >= 15 is 0 Å². The lowest BCUT2D eigenvalue weighted by Crippen LogP contribution is -2.35. The summed E-state index contributed by atoms with van der Waals surface area (Å²) in [6.07, 6.45) is 5.64. The number of carbonyl (C=O) groups excluding carboxylic acids is 1. The van der Waals surface area contributed by atoms with Crippen LogP contribution in [0, 0.1) is 0 Å². The largest absolute Gasteiger partial charge is 0.311 e. The van der Waals surface area contributed by atoms with Gasteiger partial charge in [0.25, 0.3) is 0 Å². The van der Waals surface area contributed by atoms with Crippen molar-refractivity contribution < 1.29 is 4.79 Å². The lowest BCUT2D eigenvalue weighted by atomic mass is 10.2. The van der Waals surface area contributed by atoms with Crippen molar-refractivity contribution in [2.75, 3.05) is 11.4 Å². The van der Waals surface area contributed by atoms with Gasteiger partial charge in [0, 0.05) is 12.2 Å². The molecule has 1 aromatic carbocycles. The lowest BCUT2D eigenvalue weighted by Gasteiger charge is -2.21. The number of rotatable bonds is 4. The Morgan fingerprint density at radius 1 is 1.29 bits per heavy atom. The summed E-state index contributed by atoms with van der Waals surface area (Å²) in [5.41, 5.74) is 2.30. The third-order valence-corrected chi connectivity index (χ3v) is 5.95. The van der Waals surface area contributed by atoms with Crippen molar-refractivity contribution in [1.29, 1.82) is 0 Å². The first-order valence-electron chi connectivity index (χ1n) is 8.58. The van der Waals surface area contributed by atoms with Crippen molar-refractivity contribution in [2.24, 2.45) is 0 Å². The Kier molecular flexibility index (Phi) is 4.26. The summed E-state index contributed by atoms with van der Waals surface area (Å²) in [5, 5.41) is 12.7. The number of nitrogens with zero attached hydrogens (tertiary/aromatic N) is 5. The van der Waals surface area contributed by atoms with E-state index in [-0.39, 0.29) is 11.2 Å². The molecule has 1 amide bonds. The molecule has 1 aliphatic carbocycles. The van der Waals surface area contributed by atoms with Crippen LogP contribution in [0.4, 0.5) is 5.69 Å². The van der Waals surface area contributed by atoms with Gasteiger partial charge in [-0.05, 0) is 48.2 Å². The van der Waals surface area contributed by atoms with Gasteiger partial charge in [0.05, 0.1) is 11.3 Å². The molecule has 126 valence electrons. The Morgan fingerprint density at radius 2 is 2.08 bits per heavy atom. The van der Waals surface area contributed by atoms with Gasteiger partial charge in [-0.3, -0.25) is 4.79 Å². The van der Waals surface area contributed by atoms with E-state index in [1.54, 1.807) is 0 Å². The summed E-state index contributed by atoms with van der Waals surface area (Å²) < 4.78 is 1.92. The average Bonchev–Trinajstić information content (AvgIpc) is 3.33. The summed E-state index contributed by atoms with van der Waals surface area (Å²) in [7, 11) is 0. The van der Waals surface area contributed by atoms with Gasteiger partial charge in [-0.2, -0.15) is 0 Å². The van der Waals surface area contributed by atoms with Crippen molar-refractivity contribution in [2.45, 2.75) is 55.5 Å². The van der Waals surface area contributed by atoms with E-state index in [9.17, 15) is 4.79 Å². The minimum Gasteiger partial charge on any atom is -0.311 e. The van der Waals surface area contributed by atoms with Crippen LogP contribution in [0.25, 0.3) is 0 Å². The minimum atomic E-state index is -0.206.